The second-order valence-electron chi connectivity index (χ2n) is 7.56. The van der Waals surface area contributed by atoms with Crippen molar-refractivity contribution in [1.29, 1.82) is 0 Å². The van der Waals surface area contributed by atoms with Crippen molar-refractivity contribution < 1.29 is 9.26 Å². The lowest BCUT2D eigenvalue weighted by Crippen LogP contribution is -2.35. The van der Waals surface area contributed by atoms with Gasteiger partial charge in [-0.25, -0.2) is 9.67 Å². The van der Waals surface area contributed by atoms with Crippen LogP contribution < -0.4 is 5.32 Å². The Kier molecular flexibility index (Phi) is 5.33. The Morgan fingerprint density at radius 2 is 1.97 bits per heavy atom. The Morgan fingerprint density at radius 1 is 1.10 bits per heavy atom. The highest BCUT2D eigenvalue weighted by Crippen LogP contribution is 2.22. The molecule has 0 amide bonds. The molecule has 0 spiro atoms. The molecular formula is C20H25N7O2. The fourth-order valence-corrected chi connectivity index (χ4v) is 3.82. The molecule has 0 radical (unpaired) electrons. The van der Waals surface area contributed by atoms with Crippen LogP contribution in [0.1, 0.15) is 24.4 Å². The van der Waals surface area contributed by atoms with Gasteiger partial charge in [0.2, 0.25) is 11.6 Å². The zero-order chi connectivity index (χ0) is 19.5. The first-order valence-electron chi connectivity index (χ1n) is 10.2. The summed E-state index contributed by atoms with van der Waals surface area (Å²) in [7, 11) is 0. The topological polar surface area (TPSA) is 94.1 Å². The molecule has 5 rings (SSSR count). The van der Waals surface area contributed by atoms with Crippen molar-refractivity contribution >= 4 is 0 Å². The molecule has 152 valence electrons. The fraction of sp³-hybridized carbons (Fsp3) is 0.500. The molecule has 3 aromatic rings. The molecule has 0 aliphatic carbocycles. The van der Waals surface area contributed by atoms with Crippen LogP contribution in [0, 0.1) is 0 Å². The van der Waals surface area contributed by atoms with Gasteiger partial charge in [0.05, 0.1) is 19.3 Å². The number of ether oxygens (including phenoxy) is 1. The molecule has 1 unspecified atom stereocenters. The van der Waals surface area contributed by atoms with E-state index in [2.05, 4.69) is 42.6 Å². The van der Waals surface area contributed by atoms with Gasteiger partial charge in [0.15, 0.2) is 0 Å². The molecule has 9 nitrogen and oxygen atoms in total. The Balaban J connectivity index is 1.26. The van der Waals surface area contributed by atoms with Crippen molar-refractivity contribution in [3.63, 3.8) is 0 Å². The maximum Gasteiger partial charge on any atom is 0.297 e. The molecule has 4 heterocycles. The Labute approximate surface area is 169 Å². The number of rotatable bonds is 5. The minimum Gasteiger partial charge on any atom is -0.379 e. The highest BCUT2D eigenvalue weighted by atomic mass is 16.5. The molecule has 2 fully saturated rings. The van der Waals surface area contributed by atoms with Crippen LogP contribution in [0.5, 0.6) is 0 Å². The minimum absolute atomic E-state index is 0.325. The number of morpholine rings is 1. The van der Waals surface area contributed by atoms with E-state index in [1.165, 1.54) is 5.56 Å². The number of aromatic nitrogens is 5. The first-order valence-corrected chi connectivity index (χ1v) is 10.2. The summed E-state index contributed by atoms with van der Waals surface area (Å²) in [6.07, 6.45) is 3.99. The average molecular weight is 395 g/mol. The van der Waals surface area contributed by atoms with E-state index in [1.807, 2.05) is 16.8 Å². The molecule has 1 N–H and O–H groups in total. The largest absolute Gasteiger partial charge is 0.379 e. The van der Waals surface area contributed by atoms with Crippen molar-refractivity contribution in [2.24, 2.45) is 0 Å². The van der Waals surface area contributed by atoms with E-state index in [0.717, 1.165) is 64.3 Å². The van der Waals surface area contributed by atoms with E-state index in [-0.39, 0.29) is 0 Å². The third-order valence-corrected chi connectivity index (χ3v) is 5.49. The average Bonchev–Trinajstić information content (AvgIpc) is 3.46. The number of hydrogen-bond donors (Lipinski definition) is 1. The molecule has 0 saturated carbocycles. The SMILES string of the molecule is c1cc(-c2noc(-c3ncn(C4CCCNC4)n3)n2)ccc1CN1CCOCC1. The van der Waals surface area contributed by atoms with Gasteiger partial charge < -0.3 is 14.6 Å². The summed E-state index contributed by atoms with van der Waals surface area (Å²) < 4.78 is 12.7. The monoisotopic (exact) mass is 395 g/mol. The van der Waals surface area contributed by atoms with Gasteiger partial charge >= 0.3 is 0 Å². The van der Waals surface area contributed by atoms with Crippen LogP contribution in [0.3, 0.4) is 0 Å². The van der Waals surface area contributed by atoms with Gasteiger partial charge in [0, 0.05) is 31.7 Å². The smallest absolute Gasteiger partial charge is 0.297 e. The highest BCUT2D eigenvalue weighted by Gasteiger charge is 2.20. The zero-order valence-corrected chi connectivity index (χ0v) is 16.3. The van der Waals surface area contributed by atoms with E-state index in [4.69, 9.17) is 9.26 Å². The maximum atomic E-state index is 5.42. The molecular weight excluding hydrogens is 370 g/mol. The van der Waals surface area contributed by atoms with Crippen LogP contribution in [0.15, 0.2) is 35.1 Å². The number of nitrogens with one attached hydrogen (secondary N) is 1. The van der Waals surface area contributed by atoms with E-state index in [1.54, 1.807) is 6.33 Å². The van der Waals surface area contributed by atoms with E-state index in [9.17, 15) is 0 Å². The first kappa shape index (κ1) is 18.4. The standard InChI is InChI=1S/C20H25N7O2/c1-2-17(12-21-7-1)27-14-22-19(24-27)20-23-18(25-29-20)16-5-3-15(4-6-16)13-26-8-10-28-11-9-26/h3-6,14,17,21H,1-2,7-13H2. The summed E-state index contributed by atoms with van der Waals surface area (Å²) >= 11 is 0. The molecule has 9 heteroatoms. The quantitative estimate of drug-likeness (QED) is 0.698. The van der Waals surface area contributed by atoms with Crippen LogP contribution >= 0.6 is 0 Å². The molecule has 29 heavy (non-hydrogen) atoms. The zero-order valence-electron chi connectivity index (χ0n) is 16.3. The van der Waals surface area contributed by atoms with Crippen molar-refractivity contribution in [3.8, 4) is 23.1 Å². The molecule has 2 aliphatic heterocycles. The highest BCUT2D eigenvalue weighted by molar-refractivity contribution is 5.57. The third kappa shape index (κ3) is 4.21. The maximum absolute atomic E-state index is 5.42. The predicted octanol–water partition coefficient (Wildman–Crippen LogP) is 1.75. The van der Waals surface area contributed by atoms with E-state index >= 15 is 0 Å². The molecule has 2 saturated heterocycles. The molecule has 0 bridgehead atoms. The summed E-state index contributed by atoms with van der Waals surface area (Å²) in [6.45, 7) is 6.48. The second-order valence-corrected chi connectivity index (χ2v) is 7.56. The minimum atomic E-state index is 0.325. The second kappa shape index (κ2) is 8.40. The number of hydrogen-bond acceptors (Lipinski definition) is 8. The lowest BCUT2D eigenvalue weighted by Gasteiger charge is -2.26. The summed E-state index contributed by atoms with van der Waals surface area (Å²) in [5.74, 6) is 1.37. The summed E-state index contributed by atoms with van der Waals surface area (Å²) in [5.41, 5.74) is 2.18. The lowest BCUT2D eigenvalue weighted by atomic mass is 10.1. The Hall–Kier alpha value is -2.62. The van der Waals surface area contributed by atoms with Gasteiger partial charge in [-0.05, 0) is 24.9 Å². The van der Waals surface area contributed by atoms with Crippen molar-refractivity contribution in [2.45, 2.75) is 25.4 Å². The van der Waals surface area contributed by atoms with E-state index in [0.29, 0.717) is 23.6 Å². The van der Waals surface area contributed by atoms with Crippen LogP contribution in [0.4, 0.5) is 0 Å². The summed E-state index contributed by atoms with van der Waals surface area (Å²) in [6, 6.07) is 8.62. The van der Waals surface area contributed by atoms with Gasteiger partial charge in [0.1, 0.15) is 6.33 Å². The van der Waals surface area contributed by atoms with Crippen molar-refractivity contribution in [2.75, 3.05) is 39.4 Å². The normalized spacial score (nSPS) is 20.8. The Bertz CT molecular complexity index is 924. The van der Waals surface area contributed by atoms with Gasteiger partial charge in [-0.3, -0.25) is 4.90 Å². The van der Waals surface area contributed by atoms with Crippen LogP contribution in [-0.2, 0) is 11.3 Å². The van der Waals surface area contributed by atoms with Crippen LogP contribution in [0.2, 0.25) is 0 Å². The predicted molar refractivity (Wildman–Crippen MR) is 106 cm³/mol. The number of nitrogens with zero attached hydrogens (tertiary/aromatic N) is 6. The molecule has 1 atom stereocenters. The third-order valence-electron chi connectivity index (χ3n) is 5.49. The summed E-state index contributed by atoms with van der Waals surface area (Å²) in [4.78, 5) is 11.3. The molecule has 2 aliphatic rings. The first-order chi connectivity index (χ1) is 14.3. The van der Waals surface area contributed by atoms with Crippen molar-refractivity contribution in [3.05, 3.63) is 36.2 Å². The van der Waals surface area contributed by atoms with Gasteiger partial charge in [-0.15, -0.1) is 5.10 Å². The summed E-state index contributed by atoms with van der Waals surface area (Å²) in [5, 5.41) is 12.0. The molecule has 2 aromatic heterocycles. The molecule has 1 aromatic carbocycles. The van der Waals surface area contributed by atoms with Crippen LogP contribution in [-0.4, -0.2) is 69.2 Å². The fourth-order valence-electron chi connectivity index (χ4n) is 3.82. The number of benzene rings is 1. The van der Waals surface area contributed by atoms with Gasteiger partial charge in [-0.2, -0.15) is 4.98 Å². The van der Waals surface area contributed by atoms with Crippen molar-refractivity contribution in [1.82, 2.24) is 35.1 Å². The van der Waals surface area contributed by atoms with Gasteiger partial charge in [-0.1, -0.05) is 29.4 Å². The Morgan fingerprint density at radius 3 is 2.76 bits per heavy atom. The number of piperidine rings is 1. The van der Waals surface area contributed by atoms with Gasteiger partial charge in [0.25, 0.3) is 5.89 Å². The van der Waals surface area contributed by atoms with Crippen LogP contribution in [0.25, 0.3) is 23.1 Å². The lowest BCUT2D eigenvalue weighted by molar-refractivity contribution is 0.0342. The van der Waals surface area contributed by atoms with E-state index < -0.39 is 0 Å².